The second-order valence-corrected chi connectivity index (χ2v) is 16.5. The van der Waals surface area contributed by atoms with Crippen molar-refractivity contribution in [3.8, 4) is 5.75 Å². The Morgan fingerprint density at radius 1 is 0.837 bits per heavy atom. The molecule has 0 saturated carbocycles. The minimum absolute atomic E-state index is 0.00644. The van der Waals surface area contributed by atoms with E-state index in [1.54, 1.807) is 30.5 Å². The maximum absolute atomic E-state index is 12.7. The molecule has 2 atom stereocenters. The molecule has 2 unspecified atom stereocenters. The molecule has 0 amide bonds. The monoisotopic (exact) mass is 785 g/mol. The van der Waals surface area contributed by atoms with E-state index in [1.807, 2.05) is 81.4 Å². The zero-order valence-electron chi connectivity index (χ0n) is 28.0. The summed E-state index contributed by atoms with van der Waals surface area (Å²) in [6.07, 6.45) is 6.20. The van der Waals surface area contributed by atoms with Gasteiger partial charge in [-0.2, -0.15) is 0 Å². The number of allylic oxidation sites excluding steroid dienone is 1. The predicted octanol–water partition coefficient (Wildman–Crippen LogP) is 12.4. The van der Waals surface area contributed by atoms with E-state index in [9.17, 15) is 14.7 Å². The van der Waals surface area contributed by atoms with Gasteiger partial charge < -0.3 is 9.84 Å². The van der Waals surface area contributed by atoms with Crippen LogP contribution in [0, 0.1) is 20.8 Å². The summed E-state index contributed by atoms with van der Waals surface area (Å²) >= 11 is 19.8. The molecule has 1 aliphatic rings. The van der Waals surface area contributed by atoms with Gasteiger partial charge in [0.15, 0.2) is 18.8 Å². The van der Waals surface area contributed by atoms with Gasteiger partial charge in [-0.05, 0) is 80.6 Å². The zero-order chi connectivity index (χ0) is 36.4. The number of aromatic hydroxyl groups is 1. The van der Waals surface area contributed by atoms with Crippen LogP contribution in [0.4, 0.5) is 0 Å². The van der Waals surface area contributed by atoms with Crippen LogP contribution in [0.25, 0.3) is 20.2 Å². The Bertz CT molecular complexity index is 2040. The molecule has 1 N–H and O–H groups in total. The molecule has 1 aliphatic heterocycles. The van der Waals surface area contributed by atoms with Crippen molar-refractivity contribution in [3.63, 3.8) is 0 Å². The molecule has 0 aliphatic carbocycles. The smallest absolute Gasteiger partial charge is 0.355 e. The Balaban J connectivity index is 0.000000177. The third-order valence-corrected chi connectivity index (χ3v) is 10.7. The van der Waals surface area contributed by atoms with E-state index in [0.717, 1.165) is 43.5 Å². The Hall–Kier alpha value is -2.99. The van der Waals surface area contributed by atoms with Gasteiger partial charge in [0, 0.05) is 31.3 Å². The van der Waals surface area contributed by atoms with Crippen molar-refractivity contribution in [1.82, 2.24) is 0 Å². The van der Waals surface area contributed by atoms with Gasteiger partial charge in [0.05, 0.1) is 41.6 Å². The number of thiophene rings is 2. The van der Waals surface area contributed by atoms with Crippen LogP contribution in [-0.2, 0) is 16.5 Å². The van der Waals surface area contributed by atoms with Crippen LogP contribution in [0.3, 0.4) is 0 Å². The van der Waals surface area contributed by atoms with Gasteiger partial charge in [-0.15, -0.1) is 22.7 Å². The average molecular weight is 787 g/mol. The van der Waals surface area contributed by atoms with Gasteiger partial charge in [-0.25, -0.2) is 0 Å². The van der Waals surface area contributed by atoms with Crippen LogP contribution >= 0.6 is 61.8 Å². The van der Waals surface area contributed by atoms with Crippen LogP contribution in [0.1, 0.15) is 60.0 Å². The third kappa shape index (κ3) is 10.1. The maximum atomic E-state index is 12.7. The lowest BCUT2D eigenvalue weighted by atomic mass is 10.0. The van der Waals surface area contributed by atoms with Gasteiger partial charge >= 0.3 is 1.28 Å². The molecular formula is C38H35Cl2O4P2S3+. The number of carbonyl (C=O) groups is 2. The molecule has 4 aromatic carbocycles. The molecule has 0 spiro atoms. The van der Waals surface area contributed by atoms with Crippen LogP contribution in [0.5, 0.6) is 5.75 Å². The number of ketones is 2. The number of phenols is 1. The van der Waals surface area contributed by atoms with E-state index in [2.05, 4.69) is 26.8 Å². The van der Waals surface area contributed by atoms with Gasteiger partial charge in [-0.1, -0.05) is 83.9 Å². The summed E-state index contributed by atoms with van der Waals surface area (Å²) < 4.78 is 13.2. The normalized spacial score (nSPS) is 12.3. The molecule has 11 heteroatoms. The molecular weight excluding hydrogens is 749 g/mol. The number of fused-ring (bicyclic) bond motifs is 2. The first-order valence-electron chi connectivity index (χ1n) is 15.6. The molecule has 6 aromatic rings. The van der Waals surface area contributed by atoms with E-state index < -0.39 is 6.99 Å². The molecule has 2 aromatic heterocycles. The number of ether oxygens (including phenoxy) is 1. The number of phenolic OH excluding ortho intramolecular Hbond substituents is 1. The molecule has 0 bridgehead atoms. The zero-order valence-corrected chi connectivity index (χ0v) is 33.0. The molecule has 49 heavy (non-hydrogen) atoms. The summed E-state index contributed by atoms with van der Waals surface area (Å²) in [7, 11) is 2.20. The first-order valence-corrected chi connectivity index (χ1v) is 21.1. The van der Waals surface area contributed by atoms with E-state index in [-0.39, 0.29) is 17.3 Å². The van der Waals surface area contributed by atoms with Crippen molar-refractivity contribution < 1.29 is 19.4 Å². The second-order valence-electron chi connectivity index (χ2n) is 10.9. The predicted molar refractivity (Wildman–Crippen MR) is 219 cm³/mol. The lowest BCUT2D eigenvalue weighted by Gasteiger charge is -2.02. The minimum Gasteiger partial charge on any atom is -0.508 e. The summed E-state index contributed by atoms with van der Waals surface area (Å²) in [5.41, 5.74) is 4.45. The van der Waals surface area contributed by atoms with Gasteiger partial charge in [0.25, 0.3) is 0 Å². The number of carbonyl (C=O) groups excluding carboxylic acids is 2. The van der Waals surface area contributed by atoms with E-state index >= 15 is 0 Å². The van der Waals surface area contributed by atoms with Crippen molar-refractivity contribution in [2.75, 3.05) is 6.61 Å². The topological polar surface area (TPSA) is 63.6 Å². The second kappa shape index (κ2) is 18.8. The largest absolute Gasteiger partial charge is 0.508 e. The van der Waals surface area contributed by atoms with Crippen molar-refractivity contribution >= 4 is 105 Å². The highest BCUT2D eigenvalue weighted by atomic mass is 35.5. The quantitative estimate of drug-likeness (QED) is 0.142. The van der Waals surface area contributed by atoms with Crippen molar-refractivity contribution in [3.05, 3.63) is 145 Å². The first kappa shape index (κ1) is 37.3. The van der Waals surface area contributed by atoms with Gasteiger partial charge in [0.1, 0.15) is 5.75 Å². The number of benzene rings is 4. The average Bonchev–Trinajstić information content (AvgIpc) is 3.60. The van der Waals surface area contributed by atoms with Crippen LogP contribution in [0.15, 0.2) is 97.3 Å². The van der Waals surface area contributed by atoms with Crippen LogP contribution in [-0.4, -0.2) is 24.6 Å². The Labute approximate surface area is 315 Å². The maximum Gasteiger partial charge on any atom is 0.355 e. The summed E-state index contributed by atoms with van der Waals surface area (Å²) in [6, 6.07) is 26.1. The van der Waals surface area contributed by atoms with Crippen molar-refractivity contribution in [1.29, 1.82) is 1.28 Å². The minimum atomic E-state index is -0.870. The molecule has 7 rings (SSSR count). The lowest BCUT2D eigenvalue weighted by Crippen LogP contribution is -2.01. The van der Waals surface area contributed by atoms with E-state index in [0.29, 0.717) is 25.4 Å². The summed E-state index contributed by atoms with van der Waals surface area (Å²) in [5.74, 6) is 0.103. The fourth-order valence-corrected chi connectivity index (χ4v) is 7.98. The van der Waals surface area contributed by atoms with Crippen molar-refractivity contribution in [2.45, 2.75) is 33.6 Å². The number of hydrogen-bond donors (Lipinski definition) is 1. The Morgan fingerprint density at radius 2 is 1.33 bits per heavy atom. The van der Waals surface area contributed by atoms with Crippen LogP contribution in [0.2, 0.25) is 10.0 Å². The third-order valence-electron chi connectivity index (χ3n) is 7.42. The Kier molecular flexibility index (Phi) is 14.3. The lowest BCUT2D eigenvalue weighted by molar-refractivity contribution is 0.103. The molecule has 252 valence electrons. The van der Waals surface area contributed by atoms with E-state index in [4.69, 9.17) is 29.2 Å². The van der Waals surface area contributed by atoms with Gasteiger partial charge in [-0.3, -0.25) is 9.59 Å². The highest BCUT2D eigenvalue weighted by molar-refractivity contribution is 8.24. The standard InChI is InChI=1S/C17H13ClOS.C16H11ClO2S.C5H8O.H2P2S/c1-10-7-8-13-14(9-10)20-17(15(13)18)16(19)12-6-4-3-5-11(12)2;1-9-4-2-3-5-11(9)15(19)16-14(17)12-7-6-10(18)8-13(12)20-16;1-2-4-6-5-3-1;1-2-3/h3-9H,1-2H3;2-8,18H,1H3;2,4H,1,3,5H2;1H2/p+1/i/hT. The number of hydrogen-bond acceptors (Lipinski definition) is 7. The number of rotatable bonds is 4. The first-order chi connectivity index (χ1) is 23.9. The SMILES string of the molecule is C1=COCCC1.Cc1ccc2c(Cl)c(C(=O)c3ccccc3C)sc2c1.Cc1ccccc1C(=O)c1sc2cc(O)ccc2c1Cl.[3H][P+](P)=S. The van der Waals surface area contributed by atoms with Gasteiger partial charge in [0.2, 0.25) is 11.6 Å². The van der Waals surface area contributed by atoms with Crippen LogP contribution < -0.4 is 0 Å². The molecule has 4 nitrogen and oxygen atoms in total. The fourth-order valence-electron chi connectivity index (χ4n) is 4.91. The molecule has 3 heterocycles. The Morgan fingerprint density at radius 3 is 1.76 bits per heavy atom. The van der Waals surface area contributed by atoms with Crippen molar-refractivity contribution in [2.24, 2.45) is 0 Å². The fraction of sp³-hybridized carbons (Fsp3) is 0.158. The highest BCUT2D eigenvalue weighted by Crippen LogP contribution is 2.39. The number of halogens is 2. The summed E-state index contributed by atoms with van der Waals surface area (Å²) in [4.78, 5) is 26.4. The summed E-state index contributed by atoms with van der Waals surface area (Å²) in [5, 5.41) is 12.3. The number of aryl methyl sites for hydroxylation is 3. The summed E-state index contributed by atoms with van der Waals surface area (Å²) in [6.45, 7) is 5.93. The highest BCUT2D eigenvalue weighted by Gasteiger charge is 2.21. The molecule has 0 saturated heterocycles. The molecule has 0 fully saturated rings. The van der Waals surface area contributed by atoms with E-state index in [1.165, 1.54) is 41.1 Å². The molecule has 0 radical (unpaired) electrons.